The monoisotopic (exact) mass is 351 g/mol. The predicted octanol–water partition coefficient (Wildman–Crippen LogP) is 6.29. The number of methoxy groups -OCH3 is 1. The van der Waals surface area contributed by atoms with E-state index in [1.165, 1.54) is 35.1 Å². The lowest BCUT2D eigenvalue weighted by atomic mass is 9.62. The Morgan fingerprint density at radius 2 is 1.58 bits per heavy atom. The highest BCUT2D eigenvalue weighted by Gasteiger charge is 2.37. The first-order chi connectivity index (χ1) is 12.2. The zero-order valence-electron chi connectivity index (χ0n) is 16.8. The molecule has 0 spiro atoms. The van der Waals surface area contributed by atoms with Gasteiger partial charge in [-0.15, -0.1) is 0 Å². The smallest absolute Gasteiger partial charge is 0.127 e. The van der Waals surface area contributed by atoms with Crippen molar-refractivity contribution in [3.63, 3.8) is 0 Å². The molecule has 0 aliphatic heterocycles. The Bertz CT molecular complexity index is 850. The second-order valence-corrected chi connectivity index (χ2v) is 8.80. The van der Waals surface area contributed by atoms with Crippen LogP contribution in [-0.4, -0.2) is 7.11 Å². The topological polar surface area (TPSA) is 38.7 Å². The summed E-state index contributed by atoms with van der Waals surface area (Å²) in [5, 5.41) is 2.99. The van der Waals surface area contributed by atoms with E-state index in [0.29, 0.717) is 0 Å². The van der Waals surface area contributed by atoms with Crippen LogP contribution in [0, 0.1) is 11.8 Å². The van der Waals surface area contributed by atoms with Crippen LogP contribution in [0.3, 0.4) is 0 Å². The lowest BCUT2D eigenvalue weighted by molar-refractivity contribution is 0.332. The molecule has 0 heterocycles. The van der Waals surface area contributed by atoms with E-state index in [4.69, 9.17) is 4.74 Å². The maximum absolute atomic E-state index is 10.6. The van der Waals surface area contributed by atoms with Crippen LogP contribution in [-0.2, 0) is 17.4 Å². The van der Waals surface area contributed by atoms with Crippen LogP contribution in [0.25, 0.3) is 11.1 Å². The minimum Gasteiger partial charge on any atom is -0.496 e. The Morgan fingerprint density at radius 1 is 0.962 bits per heavy atom. The fourth-order valence-corrected chi connectivity index (χ4v) is 4.14. The van der Waals surface area contributed by atoms with Crippen molar-refractivity contribution in [1.82, 2.24) is 0 Å². The molecule has 0 amide bonds. The highest BCUT2D eigenvalue weighted by molar-refractivity contribution is 5.75. The van der Waals surface area contributed by atoms with E-state index >= 15 is 0 Å². The van der Waals surface area contributed by atoms with Crippen LogP contribution in [0.4, 0.5) is 0 Å². The van der Waals surface area contributed by atoms with E-state index in [9.17, 15) is 4.91 Å². The molecule has 26 heavy (non-hydrogen) atoms. The van der Waals surface area contributed by atoms with Crippen LogP contribution < -0.4 is 4.74 Å². The first-order valence-corrected chi connectivity index (χ1v) is 9.31. The van der Waals surface area contributed by atoms with Crippen LogP contribution in [0.15, 0.2) is 35.5 Å². The van der Waals surface area contributed by atoms with Gasteiger partial charge >= 0.3 is 0 Å². The summed E-state index contributed by atoms with van der Waals surface area (Å²) >= 11 is 0. The number of hydrogen-bond acceptors (Lipinski definition) is 3. The highest BCUT2D eigenvalue weighted by Crippen LogP contribution is 2.48. The molecule has 0 saturated carbocycles. The molecule has 2 aromatic carbocycles. The van der Waals surface area contributed by atoms with Crippen molar-refractivity contribution >= 4 is 0 Å². The fraction of sp³-hybridized carbons (Fsp3) is 0.478. The van der Waals surface area contributed by atoms with E-state index < -0.39 is 0 Å². The summed E-state index contributed by atoms with van der Waals surface area (Å²) < 4.78 is 5.64. The maximum Gasteiger partial charge on any atom is 0.127 e. The molecular formula is C23H29NO2. The third-order valence-corrected chi connectivity index (χ3v) is 6.00. The van der Waals surface area contributed by atoms with Gasteiger partial charge in [-0.3, -0.25) is 0 Å². The standard InChI is InChI=1S/C23H29NO2/c1-15-11-19-20(23(4,5)10-9-22(19,2)3)13-18(15)17-8-7-16(14-24-25)12-21(17)26-6/h7-8,11-13H,9-10,14H2,1-6H3. The normalized spacial score (nSPS) is 17.5. The zero-order valence-corrected chi connectivity index (χ0v) is 16.8. The van der Waals surface area contributed by atoms with Gasteiger partial charge in [0, 0.05) is 5.56 Å². The van der Waals surface area contributed by atoms with Crippen molar-refractivity contribution in [2.75, 3.05) is 7.11 Å². The van der Waals surface area contributed by atoms with Crippen LogP contribution in [0.5, 0.6) is 5.75 Å². The Balaban J connectivity index is 2.20. The van der Waals surface area contributed by atoms with Gasteiger partial charge in [-0.25, -0.2) is 0 Å². The van der Waals surface area contributed by atoms with Gasteiger partial charge in [0.1, 0.15) is 12.3 Å². The van der Waals surface area contributed by atoms with E-state index in [-0.39, 0.29) is 17.4 Å². The molecule has 0 radical (unpaired) electrons. The van der Waals surface area contributed by atoms with Crippen molar-refractivity contribution in [2.24, 2.45) is 5.18 Å². The lowest BCUT2D eigenvalue weighted by Crippen LogP contribution is -2.34. The molecule has 0 fully saturated rings. The van der Waals surface area contributed by atoms with Gasteiger partial charge < -0.3 is 4.74 Å². The molecule has 0 bridgehead atoms. The van der Waals surface area contributed by atoms with E-state index in [1.54, 1.807) is 7.11 Å². The van der Waals surface area contributed by atoms with E-state index in [1.807, 2.05) is 12.1 Å². The van der Waals surface area contributed by atoms with E-state index in [2.05, 4.69) is 58.0 Å². The number of benzene rings is 2. The van der Waals surface area contributed by atoms with Crippen molar-refractivity contribution in [1.29, 1.82) is 0 Å². The molecule has 0 saturated heterocycles. The third kappa shape index (κ3) is 3.15. The summed E-state index contributed by atoms with van der Waals surface area (Å²) in [5.41, 5.74) is 7.69. The molecule has 138 valence electrons. The largest absolute Gasteiger partial charge is 0.496 e. The number of nitroso groups, excluding NO2 is 1. The maximum atomic E-state index is 10.6. The Morgan fingerprint density at radius 3 is 2.15 bits per heavy atom. The Kier molecular flexibility index (Phi) is 4.68. The first-order valence-electron chi connectivity index (χ1n) is 9.31. The van der Waals surface area contributed by atoms with Gasteiger partial charge in [-0.1, -0.05) is 51.1 Å². The molecule has 3 nitrogen and oxygen atoms in total. The second kappa shape index (κ2) is 6.53. The molecule has 3 rings (SSSR count). The second-order valence-electron chi connectivity index (χ2n) is 8.80. The van der Waals surface area contributed by atoms with Gasteiger partial charge in [0.2, 0.25) is 0 Å². The van der Waals surface area contributed by atoms with Crippen LogP contribution >= 0.6 is 0 Å². The van der Waals surface area contributed by atoms with Crippen molar-refractivity contribution in [3.05, 3.63) is 57.5 Å². The zero-order chi connectivity index (χ0) is 19.1. The molecule has 0 unspecified atom stereocenters. The number of aryl methyl sites for hydroxylation is 1. The summed E-state index contributed by atoms with van der Waals surface area (Å²) in [4.78, 5) is 10.6. The molecule has 1 aliphatic rings. The quantitative estimate of drug-likeness (QED) is 0.607. The number of nitrogens with zero attached hydrogens (tertiary/aromatic N) is 1. The number of ether oxygens (including phenoxy) is 1. The lowest BCUT2D eigenvalue weighted by Gasteiger charge is -2.42. The summed E-state index contributed by atoms with van der Waals surface area (Å²) in [7, 11) is 1.68. The summed E-state index contributed by atoms with van der Waals surface area (Å²) in [5.74, 6) is 0.794. The molecule has 0 N–H and O–H groups in total. The van der Waals surface area contributed by atoms with Crippen molar-refractivity contribution in [3.8, 4) is 16.9 Å². The van der Waals surface area contributed by atoms with Gasteiger partial charge in [-0.05, 0) is 70.5 Å². The number of hydrogen-bond donors (Lipinski definition) is 0. The highest BCUT2D eigenvalue weighted by atomic mass is 16.5. The third-order valence-electron chi connectivity index (χ3n) is 6.00. The van der Waals surface area contributed by atoms with Gasteiger partial charge in [-0.2, -0.15) is 4.91 Å². The SMILES string of the molecule is COc1cc(CN=O)ccc1-c1cc2c(cc1C)C(C)(C)CCC2(C)C. The molecule has 3 heteroatoms. The van der Waals surface area contributed by atoms with Crippen molar-refractivity contribution in [2.45, 2.75) is 64.8 Å². The predicted molar refractivity (Wildman–Crippen MR) is 108 cm³/mol. The van der Waals surface area contributed by atoms with Crippen LogP contribution in [0.1, 0.15) is 62.8 Å². The number of fused-ring (bicyclic) bond motifs is 1. The molecule has 0 atom stereocenters. The molecule has 2 aromatic rings. The van der Waals surface area contributed by atoms with Crippen LogP contribution in [0.2, 0.25) is 0 Å². The summed E-state index contributed by atoms with van der Waals surface area (Å²) in [6.07, 6.45) is 2.40. The van der Waals surface area contributed by atoms with Gasteiger partial charge in [0.15, 0.2) is 0 Å². The van der Waals surface area contributed by atoms with Gasteiger partial charge in [0.25, 0.3) is 0 Å². The average Bonchev–Trinajstić information content (AvgIpc) is 2.59. The fourth-order valence-electron chi connectivity index (χ4n) is 4.14. The van der Waals surface area contributed by atoms with E-state index in [0.717, 1.165) is 16.9 Å². The molecule has 0 aromatic heterocycles. The minimum absolute atomic E-state index is 0.168. The number of rotatable bonds is 4. The Hall–Kier alpha value is -2.16. The average molecular weight is 351 g/mol. The molecule has 1 aliphatic carbocycles. The first kappa shape index (κ1) is 18.6. The van der Waals surface area contributed by atoms with Gasteiger partial charge in [0.05, 0.1) is 7.11 Å². The summed E-state index contributed by atoms with van der Waals surface area (Å²) in [6, 6.07) is 10.7. The van der Waals surface area contributed by atoms with Crippen molar-refractivity contribution < 1.29 is 4.74 Å². The summed E-state index contributed by atoms with van der Waals surface area (Å²) in [6.45, 7) is 11.7. The molecular weight excluding hydrogens is 322 g/mol. The Labute approximate surface area is 156 Å². The minimum atomic E-state index is 0.168.